The number of aromatic nitrogens is 1. The van der Waals surface area contributed by atoms with Crippen LogP contribution < -0.4 is 0 Å². The van der Waals surface area contributed by atoms with Crippen LogP contribution in [0.15, 0.2) is 77.8 Å². The van der Waals surface area contributed by atoms with E-state index in [4.69, 9.17) is 5.11 Å². The number of carboxylic acids is 1. The number of aromatic carboxylic acids is 1. The zero-order valence-corrected chi connectivity index (χ0v) is 18.3. The molecule has 6 nitrogen and oxygen atoms in total. The molecule has 0 radical (unpaired) electrons. The average Bonchev–Trinajstić information content (AvgIpc) is 2.79. The van der Waals surface area contributed by atoms with Crippen LogP contribution >= 0.6 is 0 Å². The van der Waals surface area contributed by atoms with E-state index >= 15 is 0 Å². The molecule has 1 N–H and O–H groups in total. The number of carboxylic acid groups (broad SMARTS) is 1. The van der Waals surface area contributed by atoms with Gasteiger partial charge in [0.1, 0.15) is 10.6 Å². The third-order valence-electron chi connectivity index (χ3n) is 5.09. The molecule has 10 heteroatoms. The maximum atomic E-state index is 13.6. The van der Waals surface area contributed by atoms with Crippen molar-refractivity contribution >= 4 is 16.0 Å². The fourth-order valence-electron chi connectivity index (χ4n) is 3.41. The molecule has 0 bridgehead atoms. The first kappa shape index (κ1) is 24.4. The van der Waals surface area contributed by atoms with Crippen LogP contribution in [0.25, 0.3) is 0 Å². The number of hydrogen-bond donors (Lipinski definition) is 1. The second-order valence-electron chi connectivity index (χ2n) is 7.26. The number of carbonyl (C=O) groups is 1. The number of nitrogens with zero attached hydrogens (tertiary/aromatic N) is 2. The van der Waals surface area contributed by atoms with Crippen molar-refractivity contribution in [1.29, 1.82) is 0 Å². The number of rotatable bonds is 8. The number of sulfonamides is 1. The SMILES string of the molecule is CCC(c1ccccc1)N(Cc1ccc(C(=O)O)cc1)S(=O)(=O)c1ccc(C(F)(F)F)nc1. The van der Waals surface area contributed by atoms with Gasteiger partial charge >= 0.3 is 12.1 Å². The molecular weight excluding hydrogens is 457 g/mol. The number of benzene rings is 2. The third-order valence-corrected chi connectivity index (χ3v) is 6.93. The summed E-state index contributed by atoms with van der Waals surface area (Å²) in [5.41, 5.74) is 0.103. The molecule has 0 amide bonds. The van der Waals surface area contributed by atoms with Gasteiger partial charge in [0, 0.05) is 12.7 Å². The highest BCUT2D eigenvalue weighted by molar-refractivity contribution is 7.89. The van der Waals surface area contributed by atoms with Gasteiger partial charge < -0.3 is 5.11 Å². The van der Waals surface area contributed by atoms with Gasteiger partial charge in [0.2, 0.25) is 10.0 Å². The lowest BCUT2D eigenvalue weighted by Crippen LogP contribution is -2.34. The molecule has 1 heterocycles. The molecule has 1 unspecified atom stereocenters. The first-order valence-corrected chi connectivity index (χ1v) is 11.4. The molecule has 3 rings (SSSR count). The van der Waals surface area contributed by atoms with Gasteiger partial charge in [-0.2, -0.15) is 17.5 Å². The monoisotopic (exact) mass is 478 g/mol. The van der Waals surface area contributed by atoms with Crippen molar-refractivity contribution in [3.8, 4) is 0 Å². The molecule has 0 spiro atoms. The van der Waals surface area contributed by atoms with Crippen LogP contribution in [-0.2, 0) is 22.7 Å². The van der Waals surface area contributed by atoms with Crippen LogP contribution in [0.5, 0.6) is 0 Å². The summed E-state index contributed by atoms with van der Waals surface area (Å²) in [6.45, 7) is 1.69. The van der Waals surface area contributed by atoms with Crippen LogP contribution in [-0.4, -0.2) is 28.8 Å². The highest BCUT2D eigenvalue weighted by Crippen LogP contribution is 2.33. The van der Waals surface area contributed by atoms with Crippen molar-refractivity contribution in [1.82, 2.24) is 9.29 Å². The Hall–Kier alpha value is -3.24. The molecule has 174 valence electrons. The Labute approximate surface area is 189 Å². The van der Waals surface area contributed by atoms with Gasteiger partial charge in [-0.25, -0.2) is 13.2 Å². The largest absolute Gasteiger partial charge is 0.478 e. The topological polar surface area (TPSA) is 87.6 Å². The normalized spacial score (nSPS) is 13.1. The van der Waals surface area contributed by atoms with E-state index < -0.39 is 33.9 Å². The maximum Gasteiger partial charge on any atom is 0.433 e. The van der Waals surface area contributed by atoms with E-state index in [1.54, 1.807) is 37.3 Å². The van der Waals surface area contributed by atoms with Crippen molar-refractivity contribution in [2.45, 2.75) is 37.0 Å². The summed E-state index contributed by atoms with van der Waals surface area (Å²) in [4.78, 5) is 14.1. The second-order valence-corrected chi connectivity index (χ2v) is 9.15. The van der Waals surface area contributed by atoms with E-state index in [-0.39, 0.29) is 17.0 Å². The van der Waals surface area contributed by atoms with Crippen molar-refractivity contribution < 1.29 is 31.5 Å². The van der Waals surface area contributed by atoms with Crippen LogP contribution in [0.2, 0.25) is 0 Å². The fourth-order valence-corrected chi connectivity index (χ4v) is 5.03. The minimum absolute atomic E-state index is 0.0511. The Morgan fingerprint density at radius 2 is 1.67 bits per heavy atom. The highest BCUT2D eigenvalue weighted by atomic mass is 32.2. The van der Waals surface area contributed by atoms with Gasteiger partial charge in [-0.3, -0.25) is 4.98 Å². The summed E-state index contributed by atoms with van der Waals surface area (Å²) in [6.07, 6.45) is -3.59. The lowest BCUT2D eigenvalue weighted by atomic mass is 10.0. The fraction of sp³-hybridized carbons (Fsp3) is 0.217. The van der Waals surface area contributed by atoms with E-state index in [1.807, 2.05) is 0 Å². The number of halogens is 3. The highest BCUT2D eigenvalue weighted by Gasteiger charge is 2.35. The maximum absolute atomic E-state index is 13.6. The Bertz CT molecular complexity index is 1200. The number of alkyl halides is 3. The molecule has 0 aliphatic heterocycles. The quantitative estimate of drug-likeness (QED) is 0.484. The Morgan fingerprint density at radius 1 is 1.03 bits per heavy atom. The molecule has 33 heavy (non-hydrogen) atoms. The van der Waals surface area contributed by atoms with Crippen LogP contribution in [0.4, 0.5) is 13.2 Å². The zero-order chi connectivity index (χ0) is 24.2. The van der Waals surface area contributed by atoms with Gasteiger partial charge in [0.05, 0.1) is 11.6 Å². The minimum Gasteiger partial charge on any atom is -0.478 e. The predicted octanol–water partition coefficient (Wildman–Crippen LogP) is 5.14. The standard InChI is InChI=1S/C23H21F3N2O4S/c1-2-20(17-6-4-3-5-7-17)28(15-16-8-10-18(11-9-16)22(29)30)33(31,32)19-12-13-21(27-14-19)23(24,25)26/h3-14,20H,2,15H2,1H3,(H,29,30). The van der Waals surface area contributed by atoms with Crippen LogP contribution in [0, 0.1) is 0 Å². The number of hydrogen-bond acceptors (Lipinski definition) is 4. The molecule has 3 aromatic rings. The minimum atomic E-state index is -4.69. The second kappa shape index (κ2) is 9.72. The van der Waals surface area contributed by atoms with Gasteiger partial charge in [-0.1, -0.05) is 49.4 Å². The molecule has 2 aromatic carbocycles. The summed E-state index contributed by atoms with van der Waals surface area (Å²) >= 11 is 0. The molecule has 0 saturated carbocycles. The smallest absolute Gasteiger partial charge is 0.433 e. The van der Waals surface area contributed by atoms with E-state index in [0.717, 1.165) is 6.07 Å². The van der Waals surface area contributed by atoms with E-state index in [0.29, 0.717) is 29.8 Å². The van der Waals surface area contributed by atoms with Crippen LogP contribution in [0.1, 0.15) is 46.6 Å². The molecule has 0 fully saturated rings. The molecular formula is C23H21F3N2O4S. The summed E-state index contributed by atoms with van der Waals surface area (Å²) in [6, 6.07) is 15.5. The first-order valence-electron chi connectivity index (χ1n) is 9.96. The Kier molecular flexibility index (Phi) is 7.19. The van der Waals surface area contributed by atoms with Gasteiger partial charge in [0.25, 0.3) is 0 Å². The van der Waals surface area contributed by atoms with E-state index in [1.165, 1.54) is 28.6 Å². The summed E-state index contributed by atoms with van der Waals surface area (Å²) < 4.78 is 67.0. The lowest BCUT2D eigenvalue weighted by molar-refractivity contribution is -0.141. The van der Waals surface area contributed by atoms with Crippen molar-refractivity contribution in [3.63, 3.8) is 0 Å². The Morgan fingerprint density at radius 3 is 2.15 bits per heavy atom. The summed E-state index contributed by atoms with van der Waals surface area (Å²) in [5.74, 6) is -1.11. The molecule has 0 aliphatic carbocycles. The predicted molar refractivity (Wildman–Crippen MR) is 115 cm³/mol. The number of pyridine rings is 1. The van der Waals surface area contributed by atoms with Crippen molar-refractivity contribution in [2.24, 2.45) is 0 Å². The van der Waals surface area contributed by atoms with Crippen molar-refractivity contribution in [3.05, 3.63) is 95.3 Å². The Balaban J connectivity index is 2.05. The lowest BCUT2D eigenvalue weighted by Gasteiger charge is -2.31. The van der Waals surface area contributed by atoms with Crippen LogP contribution in [0.3, 0.4) is 0 Å². The van der Waals surface area contributed by atoms with Gasteiger partial charge in [-0.05, 0) is 41.8 Å². The van der Waals surface area contributed by atoms with Gasteiger partial charge in [-0.15, -0.1) is 0 Å². The first-order chi connectivity index (χ1) is 15.5. The van der Waals surface area contributed by atoms with Gasteiger partial charge in [0.15, 0.2) is 0 Å². The molecule has 1 atom stereocenters. The zero-order valence-electron chi connectivity index (χ0n) is 17.5. The average molecular weight is 478 g/mol. The molecule has 0 aliphatic rings. The molecule has 1 aromatic heterocycles. The summed E-state index contributed by atoms with van der Waals surface area (Å²) in [7, 11) is -4.26. The third kappa shape index (κ3) is 5.58. The van der Waals surface area contributed by atoms with E-state index in [2.05, 4.69) is 4.98 Å². The molecule has 0 saturated heterocycles. The summed E-state index contributed by atoms with van der Waals surface area (Å²) in [5, 5.41) is 9.10. The van der Waals surface area contributed by atoms with Crippen molar-refractivity contribution in [2.75, 3.05) is 0 Å². The van der Waals surface area contributed by atoms with E-state index in [9.17, 15) is 26.4 Å².